The number of fused-ring (bicyclic) bond motifs is 1. The third kappa shape index (κ3) is 2.87. The maximum Gasteiger partial charge on any atom is 0.336 e. The number of benzene rings is 1. The summed E-state index contributed by atoms with van der Waals surface area (Å²) in [5, 5.41) is 1.09. The van der Waals surface area contributed by atoms with Crippen LogP contribution in [-0.4, -0.2) is 33.2 Å². The zero-order valence-corrected chi connectivity index (χ0v) is 13.1. The van der Waals surface area contributed by atoms with Crippen LogP contribution in [0.1, 0.15) is 16.7 Å². The fraction of sp³-hybridized carbons (Fsp3) is 0.471. The summed E-state index contributed by atoms with van der Waals surface area (Å²) < 4.78 is 5.45. The highest BCUT2D eigenvalue weighted by atomic mass is 16.4. The Morgan fingerprint density at radius 3 is 2.57 bits per heavy atom. The zero-order valence-electron chi connectivity index (χ0n) is 13.1. The van der Waals surface area contributed by atoms with Gasteiger partial charge < -0.3 is 14.2 Å². The minimum Gasteiger partial charge on any atom is -0.422 e. The minimum absolute atomic E-state index is 0.231. The van der Waals surface area contributed by atoms with Gasteiger partial charge in [0.1, 0.15) is 38.3 Å². The summed E-state index contributed by atoms with van der Waals surface area (Å²) >= 11 is 0. The van der Waals surface area contributed by atoms with E-state index in [-0.39, 0.29) is 5.63 Å². The number of aryl methyl sites for hydroxylation is 2. The van der Waals surface area contributed by atoms with Gasteiger partial charge in [0.15, 0.2) is 0 Å². The van der Waals surface area contributed by atoms with Gasteiger partial charge in [-0.3, -0.25) is 0 Å². The van der Waals surface area contributed by atoms with Crippen LogP contribution in [-0.2, 0) is 6.54 Å². The molecular formula is C17H24N2O2+2. The lowest BCUT2D eigenvalue weighted by Gasteiger charge is -2.27. The summed E-state index contributed by atoms with van der Waals surface area (Å²) in [4.78, 5) is 15.0. The molecule has 2 N–H and O–H groups in total. The van der Waals surface area contributed by atoms with Crippen LogP contribution in [0.15, 0.2) is 27.4 Å². The molecule has 1 aromatic heterocycles. The molecule has 0 aliphatic carbocycles. The van der Waals surface area contributed by atoms with E-state index in [0.29, 0.717) is 0 Å². The molecule has 0 saturated carbocycles. The van der Waals surface area contributed by atoms with Crippen molar-refractivity contribution in [3.8, 4) is 0 Å². The Bertz CT molecular complexity index is 713. The van der Waals surface area contributed by atoms with Crippen molar-refractivity contribution >= 4 is 11.0 Å². The highest BCUT2D eigenvalue weighted by Gasteiger charge is 2.21. The molecule has 4 heteroatoms. The number of rotatable bonds is 2. The lowest BCUT2D eigenvalue weighted by Crippen LogP contribution is -3.26. The van der Waals surface area contributed by atoms with E-state index in [1.807, 2.05) is 6.92 Å². The Labute approximate surface area is 125 Å². The Kier molecular flexibility index (Phi) is 3.83. The molecule has 2 aromatic rings. The van der Waals surface area contributed by atoms with Gasteiger partial charge in [0, 0.05) is 17.0 Å². The molecule has 4 nitrogen and oxygen atoms in total. The molecule has 1 fully saturated rings. The van der Waals surface area contributed by atoms with Gasteiger partial charge in [-0.2, -0.15) is 0 Å². The lowest BCUT2D eigenvalue weighted by atomic mass is 10.0. The number of piperazine rings is 1. The molecule has 2 heterocycles. The molecule has 1 aromatic carbocycles. The van der Waals surface area contributed by atoms with Gasteiger partial charge in [-0.25, -0.2) is 4.79 Å². The van der Waals surface area contributed by atoms with Crippen LogP contribution in [0.3, 0.4) is 0 Å². The highest BCUT2D eigenvalue weighted by Crippen LogP contribution is 2.22. The van der Waals surface area contributed by atoms with Crippen molar-refractivity contribution in [2.24, 2.45) is 0 Å². The SMILES string of the molecule is Cc1ccc2c(C[NH+]3CC[NH+](C)CC3)cc(=O)oc2c1C. The average Bonchev–Trinajstić information content (AvgIpc) is 2.46. The van der Waals surface area contributed by atoms with E-state index in [9.17, 15) is 4.79 Å². The van der Waals surface area contributed by atoms with E-state index in [1.165, 1.54) is 31.7 Å². The summed E-state index contributed by atoms with van der Waals surface area (Å²) in [6.07, 6.45) is 0. The van der Waals surface area contributed by atoms with Crippen molar-refractivity contribution < 1.29 is 14.2 Å². The van der Waals surface area contributed by atoms with E-state index in [0.717, 1.165) is 28.6 Å². The molecule has 0 bridgehead atoms. The zero-order chi connectivity index (χ0) is 15.0. The largest absolute Gasteiger partial charge is 0.422 e. The maximum atomic E-state index is 11.9. The second-order valence-electron chi connectivity index (χ2n) is 6.36. The second-order valence-corrected chi connectivity index (χ2v) is 6.36. The van der Waals surface area contributed by atoms with Gasteiger partial charge >= 0.3 is 5.63 Å². The van der Waals surface area contributed by atoms with Crippen molar-refractivity contribution in [1.82, 2.24) is 0 Å². The number of quaternary nitrogens is 2. The van der Waals surface area contributed by atoms with E-state index < -0.39 is 0 Å². The van der Waals surface area contributed by atoms with Crippen LogP contribution in [0.2, 0.25) is 0 Å². The first kappa shape index (κ1) is 14.3. The summed E-state index contributed by atoms with van der Waals surface area (Å²) in [5.41, 5.74) is 3.89. The molecule has 1 saturated heterocycles. The van der Waals surface area contributed by atoms with Crippen molar-refractivity contribution in [3.63, 3.8) is 0 Å². The van der Waals surface area contributed by atoms with Crippen molar-refractivity contribution in [3.05, 3.63) is 45.3 Å². The molecule has 0 atom stereocenters. The van der Waals surface area contributed by atoms with Crippen LogP contribution >= 0.6 is 0 Å². The number of hydrogen-bond acceptors (Lipinski definition) is 2. The fourth-order valence-corrected chi connectivity index (χ4v) is 3.15. The lowest BCUT2D eigenvalue weighted by molar-refractivity contribution is -1.01. The van der Waals surface area contributed by atoms with E-state index in [2.05, 4.69) is 26.1 Å². The van der Waals surface area contributed by atoms with E-state index >= 15 is 0 Å². The predicted octanol–water partition coefficient (Wildman–Crippen LogP) is -0.677. The van der Waals surface area contributed by atoms with E-state index in [1.54, 1.807) is 15.9 Å². The molecule has 3 rings (SSSR count). The first-order chi connectivity index (χ1) is 10.0. The summed E-state index contributed by atoms with van der Waals surface area (Å²) in [6.45, 7) is 9.72. The predicted molar refractivity (Wildman–Crippen MR) is 83.0 cm³/mol. The average molecular weight is 288 g/mol. The Morgan fingerprint density at radius 2 is 1.86 bits per heavy atom. The first-order valence-electron chi connectivity index (χ1n) is 7.72. The topological polar surface area (TPSA) is 39.1 Å². The number of hydrogen-bond donors (Lipinski definition) is 2. The molecule has 0 unspecified atom stereocenters. The fourth-order valence-electron chi connectivity index (χ4n) is 3.15. The molecule has 1 aliphatic rings. The van der Waals surface area contributed by atoms with E-state index in [4.69, 9.17) is 4.42 Å². The molecule has 0 spiro atoms. The standard InChI is InChI=1S/C17H22N2O2/c1-12-4-5-15-14(10-16(20)21-17(15)13(12)2)11-19-8-6-18(3)7-9-19/h4-5,10H,6-9,11H2,1-3H3/p+2. The first-order valence-corrected chi connectivity index (χ1v) is 7.72. The van der Waals surface area contributed by atoms with Gasteiger partial charge in [0.05, 0.1) is 7.05 Å². The Balaban J connectivity index is 1.98. The Morgan fingerprint density at radius 1 is 1.14 bits per heavy atom. The molecular weight excluding hydrogens is 264 g/mol. The van der Waals surface area contributed by atoms with Crippen LogP contribution < -0.4 is 15.4 Å². The quantitative estimate of drug-likeness (QED) is 0.719. The molecule has 21 heavy (non-hydrogen) atoms. The molecule has 0 radical (unpaired) electrons. The van der Waals surface area contributed by atoms with Crippen molar-refractivity contribution in [2.45, 2.75) is 20.4 Å². The van der Waals surface area contributed by atoms with Gasteiger partial charge in [-0.05, 0) is 25.0 Å². The van der Waals surface area contributed by atoms with Crippen LogP contribution in [0.5, 0.6) is 0 Å². The van der Waals surface area contributed by atoms with Crippen LogP contribution in [0.25, 0.3) is 11.0 Å². The van der Waals surface area contributed by atoms with Crippen LogP contribution in [0.4, 0.5) is 0 Å². The van der Waals surface area contributed by atoms with Crippen LogP contribution in [0, 0.1) is 13.8 Å². The molecule has 1 aliphatic heterocycles. The van der Waals surface area contributed by atoms with Crippen molar-refractivity contribution in [2.75, 3.05) is 33.2 Å². The summed E-state index contributed by atoms with van der Waals surface area (Å²) in [6, 6.07) is 5.89. The normalized spacial score (nSPS) is 22.6. The van der Waals surface area contributed by atoms with Gasteiger partial charge in [-0.15, -0.1) is 0 Å². The highest BCUT2D eigenvalue weighted by molar-refractivity contribution is 5.83. The van der Waals surface area contributed by atoms with Gasteiger partial charge in [0.25, 0.3) is 0 Å². The summed E-state index contributed by atoms with van der Waals surface area (Å²) in [5.74, 6) is 0. The maximum absolute atomic E-state index is 11.9. The molecule has 0 amide bonds. The number of nitrogens with one attached hydrogen (secondary N) is 2. The third-order valence-electron chi connectivity index (χ3n) is 4.77. The second kappa shape index (κ2) is 5.62. The summed E-state index contributed by atoms with van der Waals surface area (Å²) in [7, 11) is 2.25. The smallest absolute Gasteiger partial charge is 0.336 e. The third-order valence-corrected chi connectivity index (χ3v) is 4.77. The number of likely N-dealkylation sites (N-methyl/N-ethyl adjacent to an activating group) is 1. The minimum atomic E-state index is -0.231. The van der Waals surface area contributed by atoms with Gasteiger partial charge in [-0.1, -0.05) is 12.1 Å². The van der Waals surface area contributed by atoms with Gasteiger partial charge in [0.2, 0.25) is 0 Å². The monoisotopic (exact) mass is 288 g/mol. The molecule has 112 valence electrons. The Hall–Kier alpha value is -1.65. The van der Waals surface area contributed by atoms with Crippen molar-refractivity contribution in [1.29, 1.82) is 0 Å².